The standard InChI is InChI=1S/C24H24N2O4/c1-24(2)21(15-18-11-7-4-8-12-18)26(23(28)29-24)22(27)20-16-19(25-30-20)14-13-17-9-5-3-6-10-17/h3-14,20-21H,15-16H2,1-2H3/b14-13+/t20-,21+/m1/s1. The summed E-state index contributed by atoms with van der Waals surface area (Å²) in [5.41, 5.74) is 1.92. The highest BCUT2D eigenvalue weighted by Gasteiger charge is 2.52. The normalized spacial score (nSPS) is 22.7. The summed E-state index contributed by atoms with van der Waals surface area (Å²) in [4.78, 5) is 32.3. The van der Waals surface area contributed by atoms with Crippen LogP contribution in [-0.4, -0.2) is 40.4 Å². The third kappa shape index (κ3) is 4.13. The smallest absolute Gasteiger partial charge is 0.417 e. The number of cyclic esters (lactones) is 1. The molecule has 6 heteroatoms. The van der Waals surface area contributed by atoms with E-state index in [0.29, 0.717) is 18.6 Å². The summed E-state index contributed by atoms with van der Waals surface area (Å²) in [7, 11) is 0. The lowest BCUT2D eigenvalue weighted by Crippen LogP contribution is -2.49. The first-order valence-corrected chi connectivity index (χ1v) is 10.00. The van der Waals surface area contributed by atoms with Crippen molar-refractivity contribution in [2.75, 3.05) is 0 Å². The van der Waals surface area contributed by atoms with Gasteiger partial charge in [0.05, 0.1) is 11.8 Å². The monoisotopic (exact) mass is 404 g/mol. The maximum Gasteiger partial charge on any atom is 0.417 e. The van der Waals surface area contributed by atoms with Crippen LogP contribution in [0, 0.1) is 0 Å². The highest BCUT2D eigenvalue weighted by Crippen LogP contribution is 2.33. The number of benzene rings is 2. The van der Waals surface area contributed by atoms with Crippen LogP contribution in [0.3, 0.4) is 0 Å². The number of carbonyl (C=O) groups is 2. The second-order valence-corrected chi connectivity index (χ2v) is 8.01. The van der Waals surface area contributed by atoms with Crippen LogP contribution in [0.5, 0.6) is 0 Å². The molecule has 0 aliphatic carbocycles. The second-order valence-electron chi connectivity index (χ2n) is 8.01. The van der Waals surface area contributed by atoms with Crippen molar-refractivity contribution in [2.45, 2.75) is 44.4 Å². The van der Waals surface area contributed by atoms with Gasteiger partial charge in [-0.05, 0) is 37.5 Å². The quantitative estimate of drug-likeness (QED) is 0.749. The van der Waals surface area contributed by atoms with Gasteiger partial charge in [-0.15, -0.1) is 0 Å². The Labute approximate surface area is 175 Å². The molecule has 0 N–H and O–H groups in total. The Morgan fingerprint density at radius 1 is 1.10 bits per heavy atom. The molecule has 4 rings (SSSR count). The number of hydrogen-bond acceptors (Lipinski definition) is 5. The first kappa shape index (κ1) is 19.9. The minimum absolute atomic E-state index is 0.310. The molecule has 2 aromatic rings. The van der Waals surface area contributed by atoms with Gasteiger partial charge >= 0.3 is 6.09 Å². The number of ether oxygens (including phenoxy) is 1. The van der Waals surface area contributed by atoms with E-state index in [4.69, 9.17) is 9.57 Å². The highest BCUT2D eigenvalue weighted by atomic mass is 16.6. The number of rotatable bonds is 5. The Balaban J connectivity index is 1.46. The first-order valence-electron chi connectivity index (χ1n) is 10.00. The van der Waals surface area contributed by atoms with Gasteiger partial charge in [0.1, 0.15) is 5.60 Å². The van der Waals surface area contributed by atoms with Crippen LogP contribution < -0.4 is 0 Å². The molecule has 0 bridgehead atoms. The molecule has 6 nitrogen and oxygen atoms in total. The largest absolute Gasteiger partial charge is 0.441 e. The number of nitrogens with zero attached hydrogens (tertiary/aromatic N) is 2. The molecule has 0 spiro atoms. The molecule has 0 unspecified atom stereocenters. The van der Waals surface area contributed by atoms with E-state index in [9.17, 15) is 9.59 Å². The Bertz CT molecular complexity index is 983. The zero-order chi connectivity index (χ0) is 21.1. The van der Waals surface area contributed by atoms with Crippen LogP contribution in [-0.2, 0) is 20.8 Å². The van der Waals surface area contributed by atoms with E-state index >= 15 is 0 Å². The van der Waals surface area contributed by atoms with Gasteiger partial charge in [0.2, 0.25) is 6.10 Å². The highest BCUT2D eigenvalue weighted by molar-refractivity contribution is 6.04. The SMILES string of the molecule is CC1(C)OC(=O)N(C(=O)[C@H]2CC(/C=C/c3ccccc3)=NO2)[C@H]1Cc1ccccc1. The van der Waals surface area contributed by atoms with Gasteiger partial charge in [0.15, 0.2) is 0 Å². The van der Waals surface area contributed by atoms with Crippen molar-refractivity contribution in [1.82, 2.24) is 4.90 Å². The lowest BCUT2D eigenvalue weighted by atomic mass is 9.91. The Morgan fingerprint density at radius 2 is 1.77 bits per heavy atom. The van der Waals surface area contributed by atoms with Gasteiger partial charge in [-0.2, -0.15) is 0 Å². The number of oxime groups is 1. The summed E-state index contributed by atoms with van der Waals surface area (Å²) in [5.74, 6) is -0.418. The summed E-state index contributed by atoms with van der Waals surface area (Å²) in [6.45, 7) is 3.65. The van der Waals surface area contributed by atoms with Crippen LogP contribution >= 0.6 is 0 Å². The maximum absolute atomic E-state index is 13.2. The molecular formula is C24H24N2O4. The van der Waals surface area contributed by atoms with Crippen molar-refractivity contribution in [3.8, 4) is 0 Å². The van der Waals surface area contributed by atoms with Crippen LogP contribution in [0.4, 0.5) is 4.79 Å². The second kappa shape index (κ2) is 8.14. The number of imide groups is 1. The van der Waals surface area contributed by atoms with E-state index in [-0.39, 0.29) is 0 Å². The van der Waals surface area contributed by atoms with Gasteiger partial charge in [-0.1, -0.05) is 71.9 Å². The fourth-order valence-corrected chi connectivity index (χ4v) is 3.74. The van der Waals surface area contributed by atoms with E-state index in [2.05, 4.69) is 5.16 Å². The summed E-state index contributed by atoms with van der Waals surface area (Å²) in [5, 5.41) is 4.03. The van der Waals surface area contributed by atoms with Crippen molar-refractivity contribution in [1.29, 1.82) is 0 Å². The van der Waals surface area contributed by atoms with Crippen LogP contribution in [0.25, 0.3) is 6.08 Å². The van der Waals surface area contributed by atoms with Gasteiger partial charge in [0, 0.05) is 6.42 Å². The Morgan fingerprint density at radius 3 is 2.47 bits per heavy atom. The molecule has 1 fully saturated rings. The minimum atomic E-state index is -0.833. The molecule has 154 valence electrons. The zero-order valence-electron chi connectivity index (χ0n) is 17.0. The van der Waals surface area contributed by atoms with Crippen molar-refractivity contribution in [3.63, 3.8) is 0 Å². The van der Waals surface area contributed by atoms with Gasteiger partial charge < -0.3 is 9.57 Å². The predicted octanol–water partition coefficient (Wildman–Crippen LogP) is 4.21. The fourth-order valence-electron chi connectivity index (χ4n) is 3.74. The van der Waals surface area contributed by atoms with E-state index in [1.54, 1.807) is 0 Å². The van der Waals surface area contributed by atoms with Crippen molar-refractivity contribution >= 4 is 23.8 Å². The third-order valence-electron chi connectivity index (χ3n) is 5.41. The molecular weight excluding hydrogens is 380 g/mol. The number of allylic oxidation sites excluding steroid dienone is 1. The molecule has 2 amide bonds. The fraction of sp³-hybridized carbons (Fsp3) is 0.292. The third-order valence-corrected chi connectivity index (χ3v) is 5.41. The molecule has 2 aromatic carbocycles. The molecule has 2 heterocycles. The maximum atomic E-state index is 13.2. The molecule has 2 aliphatic heterocycles. The van der Waals surface area contributed by atoms with Gasteiger partial charge in [-0.25, -0.2) is 9.69 Å². The predicted molar refractivity (Wildman–Crippen MR) is 114 cm³/mol. The first-order chi connectivity index (χ1) is 14.4. The topological polar surface area (TPSA) is 68.2 Å². The number of amides is 2. The van der Waals surface area contributed by atoms with Crippen molar-refractivity contribution in [2.24, 2.45) is 5.16 Å². The number of hydrogen-bond donors (Lipinski definition) is 0. The Hall–Kier alpha value is -3.41. The molecule has 1 saturated heterocycles. The van der Waals surface area contributed by atoms with Crippen LogP contribution in [0.1, 0.15) is 31.4 Å². The minimum Gasteiger partial charge on any atom is -0.441 e. The lowest BCUT2D eigenvalue weighted by molar-refractivity contribution is -0.140. The summed E-state index contributed by atoms with van der Waals surface area (Å²) in [6, 6.07) is 19.1. The average Bonchev–Trinajstić information content (AvgIpc) is 3.30. The summed E-state index contributed by atoms with van der Waals surface area (Å²) >= 11 is 0. The number of carbonyl (C=O) groups excluding carboxylic acids is 2. The van der Waals surface area contributed by atoms with Gasteiger partial charge in [-0.3, -0.25) is 4.79 Å². The molecule has 30 heavy (non-hydrogen) atoms. The van der Waals surface area contributed by atoms with Crippen molar-refractivity contribution < 1.29 is 19.2 Å². The lowest BCUT2D eigenvalue weighted by Gasteiger charge is -2.28. The van der Waals surface area contributed by atoms with E-state index in [1.807, 2.05) is 86.7 Å². The average molecular weight is 404 g/mol. The zero-order valence-corrected chi connectivity index (χ0v) is 17.0. The molecule has 0 saturated carbocycles. The van der Waals surface area contributed by atoms with E-state index in [0.717, 1.165) is 11.1 Å². The molecule has 0 radical (unpaired) electrons. The van der Waals surface area contributed by atoms with Crippen molar-refractivity contribution in [3.05, 3.63) is 77.9 Å². The summed E-state index contributed by atoms with van der Waals surface area (Å²) < 4.78 is 5.52. The van der Waals surface area contributed by atoms with Crippen LogP contribution in [0.2, 0.25) is 0 Å². The summed E-state index contributed by atoms with van der Waals surface area (Å²) in [6.07, 6.45) is 3.10. The van der Waals surface area contributed by atoms with E-state index < -0.39 is 29.7 Å². The van der Waals surface area contributed by atoms with E-state index in [1.165, 1.54) is 4.90 Å². The van der Waals surface area contributed by atoms with Crippen LogP contribution in [0.15, 0.2) is 71.9 Å². The molecule has 0 aromatic heterocycles. The molecule has 2 atom stereocenters. The Kier molecular flexibility index (Phi) is 5.40. The van der Waals surface area contributed by atoms with Gasteiger partial charge in [0.25, 0.3) is 5.91 Å². The molecule has 2 aliphatic rings.